The van der Waals surface area contributed by atoms with Crippen LogP contribution in [0.4, 0.5) is 4.39 Å². The van der Waals surface area contributed by atoms with E-state index in [2.05, 4.69) is 0 Å². The summed E-state index contributed by atoms with van der Waals surface area (Å²) in [6, 6.07) is 12.0. The lowest BCUT2D eigenvalue weighted by Gasteiger charge is -2.26. The summed E-state index contributed by atoms with van der Waals surface area (Å²) in [5, 5.41) is 0. The Hall–Kier alpha value is -2.38. The van der Waals surface area contributed by atoms with Crippen molar-refractivity contribution >= 4 is 23.5 Å². The van der Waals surface area contributed by atoms with Crippen molar-refractivity contribution in [2.45, 2.75) is 37.3 Å². The summed E-state index contributed by atoms with van der Waals surface area (Å²) >= 11 is 1.14. The Kier molecular flexibility index (Phi) is 7.87. The van der Waals surface area contributed by atoms with E-state index < -0.39 is 5.82 Å². The highest BCUT2D eigenvalue weighted by molar-refractivity contribution is 8.00. The standard InChI is InChI=1S/C23H26FNO4S/c1-16(26)18-8-9-22(21(24)12-18)30-15-23(27)25(14-20-7-4-10-29-20)13-17-5-3-6-19(11-17)28-2/h3,5-6,8-9,11-12,20H,4,7,10,13-15H2,1-2H3. The fourth-order valence-corrected chi connectivity index (χ4v) is 4.17. The quantitative estimate of drug-likeness (QED) is 0.437. The van der Waals surface area contributed by atoms with Gasteiger partial charge in [0, 0.05) is 30.2 Å². The van der Waals surface area contributed by atoms with Gasteiger partial charge in [-0.05, 0) is 49.6 Å². The van der Waals surface area contributed by atoms with Gasteiger partial charge in [0.05, 0.1) is 19.0 Å². The van der Waals surface area contributed by atoms with E-state index in [1.165, 1.54) is 13.0 Å². The molecular formula is C23H26FNO4S. The molecule has 1 saturated heterocycles. The topological polar surface area (TPSA) is 55.8 Å². The Morgan fingerprint density at radius 1 is 1.27 bits per heavy atom. The first-order valence-electron chi connectivity index (χ1n) is 9.92. The third-order valence-electron chi connectivity index (χ3n) is 5.00. The van der Waals surface area contributed by atoms with E-state index in [-0.39, 0.29) is 23.5 Å². The molecule has 1 amide bonds. The van der Waals surface area contributed by atoms with Gasteiger partial charge in [-0.25, -0.2) is 4.39 Å². The molecule has 0 radical (unpaired) electrons. The molecule has 1 atom stereocenters. The van der Waals surface area contributed by atoms with E-state index in [1.54, 1.807) is 24.1 Å². The summed E-state index contributed by atoms with van der Waals surface area (Å²) in [4.78, 5) is 26.5. The average Bonchev–Trinajstić information content (AvgIpc) is 3.25. The lowest BCUT2D eigenvalue weighted by Crippen LogP contribution is -2.38. The number of carbonyl (C=O) groups excluding carboxylic acids is 2. The SMILES string of the molecule is COc1cccc(CN(CC2CCCO2)C(=O)CSc2ccc(C(C)=O)cc2F)c1. The molecule has 0 N–H and O–H groups in total. The molecule has 160 valence electrons. The Bertz CT molecular complexity index is 899. The fraction of sp³-hybridized carbons (Fsp3) is 0.391. The number of nitrogens with zero attached hydrogens (tertiary/aromatic N) is 1. The second-order valence-electron chi connectivity index (χ2n) is 7.25. The minimum Gasteiger partial charge on any atom is -0.497 e. The number of carbonyl (C=O) groups is 2. The smallest absolute Gasteiger partial charge is 0.233 e. The minimum absolute atomic E-state index is 0.0242. The molecule has 30 heavy (non-hydrogen) atoms. The third-order valence-corrected chi connectivity index (χ3v) is 6.03. The van der Waals surface area contributed by atoms with Gasteiger partial charge in [0.1, 0.15) is 11.6 Å². The van der Waals surface area contributed by atoms with Crippen molar-refractivity contribution < 1.29 is 23.5 Å². The molecule has 0 aliphatic carbocycles. The van der Waals surface area contributed by atoms with Crippen LogP contribution < -0.4 is 4.74 Å². The summed E-state index contributed by atoms with van der Waals surface area (Å²) in [7, 11) is 1.61. The van der Waals surface area contributed by atoms with Gasteiger partial charge in [0.25, 0.3) is 0 Å². The van der Waals surface area contributed by atoms with Crippen LogP contribution in [0.25, 0.3) is 0 Å². The lowest BCUT2D eigenvalue weighted by atomic mass is 10.1. The summed E-state index contributed by atoms with van der Waals surface area (Å²) in [6.45, 7) is 3.05. The average molecular weight is 432 g/mol. The van der Waals surface area contributed by atoms with Crippen LogP contribution in [-0.4, -0.2) is 48.7 Å². The number of ketones is 1. The Morgan fingerprint density at radius 2 is 2.10 bits per heavy atom. The number of benzene rings is 2. The Balaban J connectivity index is 1.68. The summed E-state index contributed by atoms with van der Waals surface area (Å²) in [5.74, 6) is 0.0708. The molecule has 5 nitrogen and oxygen atoms in total. The largest absolute Gasteiger partial charge is 0.497 e. The Labute approximate surface area is 180 Å². The first-order valence-corrected chi connectivity index (χ1v) is 10.9. The number of thioether (sulfide) groups is 1. The van der Waals surface area contributed by atoms with E-state index >= 15 is 0 Å². The molecule has 1 heterocycles. The van der Waals surface area contributed by atoms with Gasteiger partial charge in [-0.3, -0.25) is 9.59 Å². The molecule has 0 spiro atoms. The zero-order valence-corrected chi connectivity index (χ0v) is 18.0. The van der Waals surface area contributed by atoms with Gasteiger partial charge >= 0.3 is 0 Å². The molecule has 2 aromatic rings. The third kappa shape index (κ3) is 6.06. The number of hydrogen-bond donors (Lipinski definition) is 0. The van der Waals surface area contributed by atoms with Crippen LogP contribution in [0.1, 0.15) is 35.7 Å². The van der Waals surface area contributed by atoms with Crippen LogP contribution in [0, 0.1) is 5.82 Å². The first kappa shape index (κ1) is 22.3. The van der Waals surface area contributed by atoms with E-state index in [9.17, 15) is 14.0 Å². The number of hydrogen-bond acceptors (Lipinski definition) is 5. The van der Waals surface area contributed by atoms with E-state index in [4.69, 9.17) is 9.47 Å². The molecule has 0 saturated carbocycles. The highest BCUT2D eigenvalue weighted by Crippen LogP contribution is 2.24. The van der Waals surface area contributed by atoms with Gasteiger partial charge in [-0.2, -0.15) is 0 Å². The number of rotatable bonds is 9. The van der Waals surface area contributed by atoms with E-state index in [1.807, 2.05) is 24.3 Å². The number of methoxy groups -OCH3 is 1. The molecule has 0 aromatic heterocycles. The molecule has 7 heteroatoms. The van der Waals surface area contributed by atoms with Gasteiger partial charge in [-0.15, -0.1) is 11.8 Å². The van der Waals surface area contributed by atoms with Gasteiger partial charge in [0.15, 0.2) is 5.78 Å². The highest BCUT2D eigenvalue weighted by atomic mass is 32.2. The molecule has 0 bridgehead atoms. The number of ether oxygens (including phenoxy) is 2. The van der Waals surface area contributed by atoms with Crippen molar-refractivity contribution in [1.82, 2.24) is 4.90 Å². The fourth-order valence-electron chi connectivity index (χ4n) is 3.35. The highest BCUT2D eigenvalue weighted by Gasteiger charge is 2.23. The molecule has 1 fully saturated rings. The summed E-state index contributed by atoms with van der Waals surface area (Å²) in [6.07, 6.45) is 1.95. The second kappa shape index (κ2) is 10.6. The van der Waals surface area contributed by atoms with Crippen molar-refractivity contribution in [2.24, 2.45) is 0 Å². The van der Waals surface area contributed by atoms with E-state index in [0.717, 1.165) is 35.9 Å². The van der Waals surface area contributed by atoms with E-state index in [0.29, 0.717) is 30.2 Å². The van der Waals surface area contributed by atoms with Crippen LogP contribution in [0.3, 0.4) is 0 Å². The first-order chi connectivity index (χ1) is 14.5. The van der Waals surface area contributed by atoms with Crippen molar-refractivity contribution in [3.05, 3.63) is 59.4 Å². The van der Waals surface area contributed by atoms with Crippen LogP contribution in [0.2, 0.25) is 0 Å². The van der Waals surface area contributed by atoms with Crippen LogP contribution in [0.5, 0.6) is 5.75 Å². The van der Waals surface area contributed by atoms with Gasteiger partial charge < -0.3 is 14.4 Å². The van der Waals surface area contributed by atoms with Crippen molar-refractivity contribution in [2.75, 3.05) is 26.0 Å². The maximum atomic E-state index is 14.3. The maximum Gasteiger partial charge on any atom is 0.233 e. The second-order valence-corrected chi connectivity index (χ2v) is 8.27. The predicted octanol–water partition coefficient (Wildman–Crippen LogP) is 4.34. The molecular weight excluding hydrogens is 405 g/mol. The Morgan fingerprint density at radius 3 is 2.77 bits per heavy atom. The predicted molar refractivity (Wildman–Crippen MR) is 115 cm³/mol. The minimum atomic E-state index is -0.487. The number of Topliss-reactive ketones (excluding diaryl/α,β-unsaturated/α-hetero) is 1. The van der Waals surface area contributed by atoms with Gasteiger partial charge in [-0.1, -0.05) is 18.2 Å². The summed E-state index contributed by atoms with van der Waals surface area (Å²) in [5.41, 5.74) is 1.28. The number of halogens is 1. The van der Waals surface area contributed by atoms with Crippen molar-refractivity contribution in [3.8, 4) is 5.75 Å². The molecule has 2 aromatic carbocycles. The number of amides is 1. The zero-order chi connectivity index (χ0) is 21.5. The monoisotopic (exact) mass is 431 g/mol. The molecule has 1 aliphatic rings. The molecule has 3 rings (SSSR count). The van der Waals surface area contributed by atoms with Crippen molar-refractivity contribution in [3.63, 3.8) is 0 Å². The zero-order valence-electron chi connectivity index (χ0n) is 17.2. The van der Waals surface area contributed by atoms with Gasteiger partial charge in [0.2, 0.25) is 5.91 Å². The van der Waals surface area contributed by atoms with Crippen LogP contribution in [-0.2, 0) is 16.1 Å². The maximum absolute atomic E-state index is 14.3. The normalized spacial score (nSPS) is 15.8. The van der Waals surface area contributed by atoms with Crippen LogP contribution in [0.15, 0.2) is 47.4 Å². The van der Waals surface area contributed by atoms with Crippen molar-refractivity contribution in [1.29, 1.82) is 0 Å². The van der Waals surface area contributed by atoms with Crippen LogP contribution >= 0.6 is 11.8 Å². The summed E-state index contributed by atoms with van der Waals surface area (Å²) < 4.78 is 25.3. The molecule has 1 unspecified atom stereocenters. The lowest BCUT2D eigenvalue weighted by molar-refractivity contribution is -0.130. The molecule has 1 aliphatic heterocycles.